The molecular weight excluding hydrogens is 212 g/mol. The van der Waals surface area contributed by atoms with E-state index in [1.165, 1.54) is 45.2 Å². The Morgan fingerprint density at radius 3 is 2.82 bits per heavy atom. The zero-order valence-corrected chi connectivity index (χ0v) is 11.9. The van der Waals surface area contributed by atoms with Crippen LogP contribution >= 0.6 is 0 Å². The summed E-state index contributed by atoms with van der Waals surface area (Å²) in [6, 6.07) is 0.783. The van der Waals surface area contributed by atoms with E-state index in [0.717, 1.165) is 25.1 Å². The smallest absolute Gasteiger partial charge is 0.0589 e. The molecule has 17 heavy (non-hydrogen) atoms. The molecule has 1 saturated carbocycles. The molecule has 1 aliphatic rings. The van der Waals surface area contributed by atoms with E-state index in [0.29, 0.717) is 0 Å². The molecule has 0 amide bonds. The minimum Gasteiger partial charge on any atom is -0.383 e. The number of ether oxygens (including phenoxy) is 1. The van der Waals surface area contributed by atoms with Crippen LogP contribution in [-0.4, -0.2) is 51.3 Å². The summed E-state index contributed by atoms with van der Waals surface area (Å²) in [5.74, 6) is 0.895. The lowest BCUT2D eigenvalue weighted by Gasteiger charge is -2.23. The van der Waals surface area contributed by atoms with Gasteiger partial charge < -0.3 is 15.0 Å². The monoisotopic (exact) mass is 242 g/mol. The molecule has 3 heteroatoms. The molecule has 1 fully saturated rings. The van der Waals surface area contributed by atoms with Gasteiger partial charge in [0.05, 0.1) is 6.61 Å². The predicted molar refractivity (Wildman–Crippen MR) is 73.4 cm³/mol. The number of nitrogens with one attached hydrogen (secondary N) is 1. The summed E-state index contributed by atoms with van der Waals surface area (Å²) < 4.78 is 5.10. The lowest BCUT2D eigenvalue weighted by Crippen LogP contribution is -2.35. The summed E-state index contributed by atoms with van der Waals surface area (Å²) >= 11 is 0. The molecule has 1 aliphatic carbocycles. The van der Waals surface area contributed by atoms with E-state index in [-0.39, 0.29) is 0 Å². The first-order valence-corrected chi connectivity index (χ1v) is 7.18. The van der Waals surface area contributed by atoms with E-state index in [4.69, 9.17) is 4.74 Å². The SMILES string of the molecule is CCCNC1CCCC1CCN(C)CCOC. The van der Waals surface area contributed by atoms with Crippen LogP contribution in [0.5, 0.6) is 0 Å². The Kier molecular flexibility index (Phi) is 7.82. The van der Waals surface area contributed by atoms with Crippen LogP contribution in [0.25, 0.3) is 0 Å². The second-order valence-corrected chi connectivity index (χ2v) is 5.34. The number of likely N-dealkylation sites (N-methyl/N-ethyl adjacent to an activating group) is 1. The minimum atomic E-state index is 0.783. The highest BCUT2D eigenvalue weighted by molar-refractivity contribution is 4.83. The van der Waals surface area contributed by atoms with E-state index < -0.39 is 0 Å². The van der Waals surface area contributed by atoms with E-state index >= 15 is 0 Å². The molecule has 0 spiro atoms. The van der Waals surface area contributed by atoms with Crippen LogP contribution in [0.4, 0.5) is 0 Å². The molecule has 0 radical (unpaired) electrons. The highest BCUT2D eigenvalue weighted by Gasteiger charge is 2.26. The molecule has 2 atom stereocenters. The fraction of sp³-hybridized carbons (Fsp3) is 1.00. The highest BCUT2D eigenvalue weighted by Crippen LogP contribution is 2.28. The van der Waals surface area contributed by atoms with Crippen molar-refractivity contribution in [2.45, 2.75) is 45.1 Å². The Bertz CT molecular complexity index is 187. The molecule has 0 aromatic rings. The molecule has 102 valence electrons. The summed E-state index contributed by atoms with van der Waals surface area (Å²) in [5.41, 5.74) is 0. The van der Waals surface area contributed by atoms with Crippen molar-refractivity contribution in [3.05, 3.63) is 0 Å². The highest BCUT2D eigenvalue weighted by atomic mass is 16.5. The number of nitrogens with zero attached hydrogens (tertiary/aromatic N) is 1. The fourth-order valence-electron chi connectivity index (χ4n) is 2.73. The first kappa shape index (κ1) is 14.9. The van der Waals surface area contributed by atoms with Gasteiger partial charge in [-0.2, -0.15) is 0 Å². The van der Waals surface area contributed by atoms with Crippen molar-refractivity contribution in [2.75, 3.05) is 40.4 Å². The summed E-state index contributed by atoms with van der Waals surface area (Å²) in [6.07, 6.45) is 6.79. The maximum atomic E-state index is 5.10. The van der Waals surface area contributed by atoms with E-state index in [2.05, 4.69) is 24.2 Å². The molecule has 0 aromatic carbocycles. The second kappa shape index (κ2) is 8.90. The third kappa shape index (κ3) is 5.84. The number of hydrogen-bond donors (Lipinski definition) is 1. The van der Waals surface area contributed by atoms with Crippen molar-refractivity contribution >= 4 is 0 Å². The molecule has 1 rings (SSSR count). The van der Waals surface area contributed by atoms with Crippen LogP contribution in [0.3, 0.4) is 0 Å². The van der Waals surface area contributed by atoms with Crippen LogP contribution in [0, 0.1) is 5.92 Å². The van der Waals surface area contributed by atoms with Crippen molar-refractivity contribution in [3.63, 3.8) is 0 Å². The Balaban J connectivity index is 2.16. The quantitative estimate of drug-likeness (QED) is 0.670. The van der Waals surface area contributed by atoms with Crippen molar-refractivity contribution in [3.8, 4) is 0 Å². The third-order valence-electron chi connectivity index (χ3n) is 3.87. The molecule has 0 saturated heterocycles. The Labute approximate surface area is 107 Å². The minimum absolute atomic E-state index is 0.783. The zero-order valence-electron chi connectivity index (χ0n) is 11.9. The molecule has 0 aromatic heterocycles. The van der Waals surface area contributed by atoms with Gasteiger partial charge in [-0.05, 0) is 51.7 Å². The van der Waals surface area contributed by atoms with E-state index in [1.54, 1.807) is 7.11 Å². The maximum absolute atomic E-state index is 5.10. The van der Waals surface area contributed by atoms with Gasteiger partial charge in [0, 0.05) is 19.7 Å². The van der Waals surface area contributed by atoms with Gasteiger partial charge in [0.15, 0.2) is 0 Å². The number of rotatable bonds is 9. The molecule has 0 bridgehead atoms. The van der Waals surface area contributed by atoms with E-state index in [9.17, 15) is 0 Å². The van der Waals surface area contributed by atoms with Gasteiger partial charge >= 0.3 is 0 Å². The van der Waals surface area contributed by atoms with Gasteiger partial charge in [-0.3, -0.25) is 0 Å². The van der Waals surface area contributed by atoms with Crippen molar-refractivity contribution < 1.29 is 4.74 Å². The van der Waals surface area contributed by atoms with Crippen LogP contribution < -0.4 is 5.32 Å². The molecule has 0 heterocycles. The van der Waals surface area contributed by atoms with Gasteiger partial charge in [-0.25, -0.2) is 0 Å². The summed E-state index contributed by atoms with van der Waals surface area (Å²) in [6.45, 7) is 6.53. The summed E-state index contributed by atoms with van der Waals surface area (Å²) in [4.78, 5) is 2.39. The molecule has 3 nitrogen and oxygen atoms in total. The van der Waals surface area contributed by atoms with Gasteiger partial charge in [-0.15, -0.1) is 0 Å². The van der Waals surface area contributed by atoms with Crippen LogP contribution in [0.15, 0.2) is 0 Å². The van der Waals surface area contributed by atoms with Crippen molar-refractivity contribution in [2.24, 2.45) is 5.92 Å². The normalized spacial score (nSPS) is 24.7. The van der Waals surface area contributed by atoms with Gasteiger partial charge in [0.25, 0.3) is 0 Å². The average Bonchev–Trinajstić information content (AvgIpc) is 2.78. The van der Waals surface area contributed by atoms with Crippen molar-refractivity contribution in [1.29, 1.82) is 0 Å². The van der Waals surface area contributed by atoms with Gasteiger partial charge in [-0.1, -0.05) is 13.3 Å². The topological polar surface area (TPSA) is 24.5 Å². The second-order valence-electron chi connectivity index (χ2n) is 5.34. The Hall–Kier alpha value is -0.120. The predicted octanol–water partition coefficient (Wildman–Crippen LogP) is 2.12. The van der Waals surface area contributed by atoms with Crippen LogP contribution in [-0.2, 0) is 4.74 Å². The number of hydrogen-bond acceptors (Lipinski definition) is 3. The van der Waals surface area contributed by atoms with Crippen molar-refractivity contribution in [1.82, 2.24) is 10.2 Å². The zero-order chi connectivity index (χ0) is 12.5. The largest absolute Gasteiger partial charge is 0.383 e. The lowest BCUT2D eigenvalue weighted by molar-refractivity contribution is 0.156. The fourth-order valence-corrected chi connectivity index (χ4v) is 2.73. The molecule has 2 unspecified atom stereocenters. The first-order valence-electron chi connectivity index (χ1n) is 7.18. The summed E-state index contributed by atoms with van der Waals surface area (Å²) in [5, 5.41) is 3.71. The number of methoxy groups -OCH3 is 1. The maximum Gasteiger partial charge on any atom is 0.0589 e. The standard InChI is InChI=1S/C14H30N2O/c1-4-9-15-14-7-5-6-13(14)8-10-16(2)11-12-17-3/h13-15H,4-12H2,1-3H3. The Morgan fingerprint density at radius 2 is 2.12 bits per heavy atom. The van der Waals surface area contributed by atoms with Gasteiger partial charge in [0.2, 0.25) is 0 Å². The molecule has 0 aliphatic heterocycles. The third-order valence-corrected chi connectivity index (χ3v) is 3.87. The van der Waals surface area contributed by atoms with E-state index in [1.807, 2.05) is 0 Å². The van der Waals surface area contributed by atoms with Gasteiger partial charge in [0.1, 0.15) is 0 Å². The summed E-state index contributed by atoms with van der Waals surface area (Å²) in [7, 11) is 3.97. The van der Waals surface area contributed by atoms with Crippen LogP contribution in [0.1, 0.15) is 39.0 Å². The molecule has 1 N–H and O–H groups in total. The van der Waals surface area contributed by atoms with Crippen LogP contribution in [0.2, 0.25) is 0 Å². The average molecular weight is 242 g/mol. The Morgan fingerprint density at radius 1 is 1.29 bits per heavy atom. The lowest BCUT2D eigenvalue weighted by atomic mass is 9.99. The first-order chi connectivity index (χ1) is 8.27. The molecular formula is C14H30N2O.